The molecule has 1 atom stereocenters. The minimum atomic E-state index is -1.38. The van der Waals surface area contributed by atoms with Gasteiger partial charge in [0.2, 0.25) is 0 Å². The summed E-state index contributed by atoms with van der Waals surface area (Å²) in [6.07, 6.45) is 2.81. The molecule has 2 heteroatoms. The van der Waals surface area contributed by atoms with Crippen LogP contribution in [0.4, 0.5) is 0 Å². The second kappa shape index (κ2) is 7.26. The zero-order valence-electron chi connectivity index (χ0n) is 22.1. The molecule has 170 valence electrons. The molecule has 0 saturated heterocycles. The van der Waals surface area contributed by atoms with Crippen molar-refractivity contribution in [3.8, 4) is 11.3 Å². The molecule has 0 radical (unpaired) electrons. The Morgan fingerprint density at radius 3 is 2.44 bits per heavy atom. The van der Waals surface area contributed by atoms with Gasteiger partial charge in [-0.15, -0.1) is 0 Å². The number of hydrogen-bond acceptors (Lipinski definition) is 1. The molecule has 6 rings (SSSR count). The molecule has 1 unspecified atom stereocenters. The highest BCUT2D eigenvalue weighted by Gasteiger charge is 2.45. The number of fused-ring (bicyclic) bond motifs is 3. The van der Waals surface area contributed by atoms with Crippen LogP contribution in [0.25, 0.3) is 33.7 Å². The Kier molecular flexibility index (Phi) is 4.36. The molecule has 2 aliphatic carbocycles. The fraction of sp³-hybridized carbons (Fsp3) is 0.281. The van der Waals surface area contributed by atoms with Crippen LogP contribution in [0.2, 0.25) is 19.6 Å². The van der Waals surface area contributed by atoms with Crippen molar-refractivity contribution in [3.63, 3.8) is 0 Å². The molecule has 1 aromatic heterocycles. The first-order valence-electron chi connectivity index (χ1n) is 13.0. The van der Waals surface area contributed by atoms with Crippen molar-refractivity contribution in [2.24, 2.45) is 0 Å². The fourth-order valence-electron chi connectivity index (χ4n) is 6.26. The molecule has 34 heavy (non-hydrogen) atoms. The van der Waals surface area contributed by atoms with Gasteiger partial charge in [-0.3, -0.25) is 4.98 Å². The van der Waals surface area contributed by atoms with E-state index in [-0.39, 0.29) is 5.41 Å². The third-order valence-corrected chi connectivity index (χ3v) is 9.98. The predicted octanol–water partition coefficient (Wildman–Crippen LogP) is 7.94. The maximum atomic E-state index is 9.32. The van der Waals surface area contributed by atoms with Crippen LogP contribution in [0.3, 0.4) is 0 Å². The van der Waals surface area contributed by atoms with Gasteiger partial charge in [-0.2, -0.15) is 0 Å². The zero-order valence-corrected chi connectivity index (χ0v) is 22.1. The third kappa shape index (κ3) is 3.01. The van der Waals surface area contributed by atoms with Gasteiger partial charge in [0, 0.05) is 17.2 Å². The Labute approximate surface area is 206 Å². The highest BCUT2D eigenvalue weighted by molar-refractivity contribution is 6.88. The molecular formula is C32H33NSi. The van der Waals surface area contributed by atoms with E-state index in [1.165, 1.54) is 43.8 Å². The average Bonchev–Trinajstić information content (AvgIpc) is 3.04. The summed E-state index contributed by atoms with van der Waals surface area (Å²) in [7, 11) is -1.38. The van der Waals surface area contributed by atoms with Crippen molar-refractivity contribution in [3.05, 3.63) is 94.7 Å². The van der Waals surface area contributed by atoms with E-state index in [0.29, 0.717) is 12.0 Å². The van der Waals surface area contributed by atoms with Crippen molar-refractivity contribution in [2.75, 3.05) is 0 Å². The molecular weight excluding hydrogens is 426 g/mol. The summed E-state index contributed by atoms with van der Waals surface area (Å²) in [4.78, 5) is 4.97. The molecule has 1 heterocycles. The first kappa shape index (κ1) is 20.4. The largest absolute Gasteiger partial charge is 0.256 e. The molecule has 0 bridgehead atoms. The van der Waals surface area contributed by atoms with Crippen molar-refractivity contribution in [1.82, 2.24) is 4.98 Å². The lowest BCUT2D eigenvalue weighted by molar-refractivity contribution is 0.604. The van der Waals surface area contributed by atoms with Crippen molar-refractivity contribution in [1.29, 1.82) is 0 Å². The highest BCUT2D eigenvalue weighted by atomic mass is 28.3. The van der Waals surface area contributed by atoms with Crippen LogP contribution in [-0.4, -0.2) is 13.1 Å². The molecule has 2 aliphatic rings. The zero-order chi connectivity index (χ0) is 24.7. The van der Waals surface area contributed by atoms with Crippen LogP contribution in [0.15, 0.2) is 66.9 Å². The summed E-state index contributed by atoms with van der Waals surface area (Å²) < 4.78 is 9.32. The van der Waals surface area contributed by atoms with E-state index in [1.807, 2.05) is 6.20 Å². The lowest BCUT2D eigenvalue weighted by Gasteiger charge is -2.38. The summed E-state index contributed by atoms with van der Waals surface area (Å²) in [6, 6.07) is 23.0. The quantitative estimate of drug-likeness (QED) is 0.283. The molecule has 0 saturated carbocycles. The Morgan fingerprint density at radius 1 is 1.00 bits per heavy atom. The molecule has 0 N–H and O–H groups in total. The van der Waals surface area contributed by atoms with E-state index < -0.39 is 8.07 Å². The van der Waals surface area contributed by atoms with Crippen LogP contribution >= 0.6 is 0 Å². The van der Waals surface area contributed by atoms with Gasteiger partial charge >= 0.3 is 0 Å². The van der Waals surface area contributed by atoms with E-state index in [0.717, 1.165) is 23.3 Å². The first-order valence-corrected chi connectivity index (χ1v) is 16.0. The summed E-state index contributed by atoms with van der Waals surface area (Å²) in [5.74, 6) is 0.406. The van der Waals surface area contributed by atoms with Crippen LogP contribution in [-0.2, 0) is 11.8 Å². The summed E-state index contributed by atoms with van der Waals surface area (Å²) in [6.45, 7) is 14.1. The van der Waals surface area contributed by atoms with Crippen molar-refractivity contribution in [2.45, 2.75) is 58.2 Å². The topological polar surface area (TPSA) is 12.9 Å². The van der Waals surface area contributed by atoms with Crippen LogP contribution in [0.1, 0.15) is 55.9 Å². The van der Waals surface area contributed by atoms with Gasteiger partial charge in [0.05, 0.1) is 15.1 Å². The molecule has 0 amide bonds. The van der Waals surface area contributed by atoms with E-state index >= 15 is 0 Å². The molecule has 0 aliphatic heterocycles. The Morgan fingerprint density at radius 2 is 1.74 bits per heavy atom. The highest BCUT2D eigenvalue weighted by Crippen LogP contribution is 2.56. The number of nitrogens with zero attached hydrogens (tertiary/aromatic N) is 1. The fourth-order valence-corrected chi connectivity index (χ4v) is 7.43. The van der Waals surface area contributed by atoms with Gasteiger partial charge in [0.25, 0.3) is 0 Å². The van der Waals surface area contributed by atoms with Crippen LogP contribution in [0, 0.1) is 0 Å². The molecule has 3 aromatic carbocycles. The minimum Gasteiger partial charge on any atom is -0.256 e. The van der Waals surface area contributed by atoms with Crippen molar-refractivity contribution < 1.29 is 1.37 Å². The standard InChI is InChI=1S/C32H33NSi/c1-20(2)29-25-10-8-7-9-22(25)17-26-27(29)19-32(3)28(18-23-15-16-33-31(26)30(23)32)21-11-13-24(14-12-21)34(4,5)6/h7-18,20H,19H2,1-6H3/i18D. The molecule has 0 fully saturated rings. The summed E-state index contributed by atoms with van der Waals surface area (Å²) >= 11 is 0. The molecule has 0 spiro atoms. The van der Waals surface area contributed by atoms with Gasteiger partial charge in [-0.05, 0) is 74.7 Å². The van der Waals surface area contributed by atoms with Gasteiger partial charge in [-0.1, -0.05) is 94.1 Å². The summed E-state index contributed by atoms with van der Waals surface area (Å²) in [5, 5.41) is 4.08. The lowest BCUT2D eigenvalue weighted by Crippen LogP contribution is -2.37. The number of hydrogen-bond donors (Lipinski definition) is 0. The number of aromatic nitrogens is 1. The van der Waals surface area contributed by atoms with Crippen LogP contribution in [0.5, 0.6) is 0 Å². The normalized spacial score (nSPS) is 19.4. The van der Waals surface area contributed by atoms with E-state index in [9.17, 15) is 1.37 Å². The lowest BCUT2D eigenvalue weighted by atomic mass is 9.65. The Hall–Kier alpha value is -2.97. The first-order chi connectivity index (χ1) is 16.6. The number of rotatable bonds is 3. The van der Waals surface area contributed by atoms with E-state index in [2.05, 4.69) is 101 Å². The van der Waals surface area contributed by atoms with Gasteiger partial charge in [0.15, 0.2) is 0 Å². The van der Waals surface area contributed by atoms with Gasteiger partial charge < -0.3 is 0 Å². The van der Waals surface area contributed by atoms with E-state index in [4.69, 9.17) is 4.98 Å². The van der Waals surface area contributed by atoms with E-state index in [1.54, 1.807) is 0 Å². The maximum absolute atomic E-state index is 9.32. The average molecular weight is 461 g/mol. The monoisotopic (exact) mass is 460 g/mol. The second-order valence-corrected chi connectivity index (χ2v) is 16.7. The predicted molar refractivity (Wildman–Crippen MR) is 150 cm³/mol. The second-order valence-electron chi connectivity index (χ2n) is 11.6. The number of allylic oxidation sites excluding steroid dienone is 1. The van der Waals surface area contributed by atoms with Crippen LogP contribution < -0.4 is 5.19 Å². The SMILES string of the molecule is [2H]C1=C(c2ccc([Si](C)(C)C)cc2)C2(C)Cc3c(cc4ccccc4c3C(C)C)-c3nccc1c32. The Bertz CT molecular complexity index is 1540. The molecule has 4 aromatic rings. The third-order valence-electron chi connectivity index (χ3n) is 7.92. The van der Waals surface area contributed by atoms with Gasteiger partial charge in [-0.25, -0.2) is 0 Å². The number of benzene rings is 3. The maximum Gasteiger partial charge on any atom is 0.0775 e. The van der Waals surface area contributed by atoms with Gasteiger partial charge in [0.1, 0.15) is 0 Å². The summed E-state index contributed by atoms with van der Waals surface area (Å²) in [5.41, 5.74) is 9.51. The molecule has 1 nitrogen and oxygen atoms in total. The minimum absolute atomic E-state index is 0.268. The Balaban J connectivity index is 1.62. The number of pyridine rings is 1. The van der Waals surface area contributed by atoms with Crippen molar-refractivity contribution >= 4 is 35.7 Å². The smallest absolute Gasteiger partial charge is 0.0775 e.